The third-order valence-corrected chi connectivity index (χ3v) is 4.63. The Kier molecular flexibility index (Phi) is 7.82. The number of carbonyl (C=O) groups excluding carboxylic acids is 1. The minimum absolute atomic E-state index is 0.211. The number of benzene rings is 3. The molecule has 3 aromatic rings. The Morgan fingerprint density at radius 3 is 2.27 bits per heavy atom. The minimum atomic E-state index is -0.400. The Bertz CT molecular complexity index is 1020. The molecule has 0 aromatic heterocycles. The zero-order valence-corrected chi connectivity index (χ0v) is 17.6. The van der Waals surface area contributed by atoms with Crippen LogP contribution in [0.2, 0.25) is 0 Å². The van der Waals surface area contributed by atoms with E-state index in [2.05, 4.69) is 49.9 Å². The minimum Gasteiger partial charge on any atom is -0.490 e. The molecule has 0 aliphatic heterocycles. The molecular formula is C25H28O5. The summed E-state index contributed by atoms with van der Waals surface area (Å²) in [6, 6.07) is 16.8. The van der Waals surface area contributed by atoms with Crippen LogP contribution in [0.4, 0.5) is 0 Å². The maximum absolute atomic E-state index is 11.2. The van der Waals surface area contributed by atoms with E-state index in [1.54, 1.807) is 6.92 Å². The van der Waals surface area contributed by atoms with Crippen molar-refractivity contribution in [3.63, 3.8) is 0 Å². The molecule has 158 valence electrons. The highest BCUT2D eigenvalue weighted by molar-refractivity contribution is 6.05. The third-order valence-electron chi connectivity index (χ3n) is 4.63. The molecule has 0 unspecified atom stereocenters. The number of rotatable bonds is 11. The standard InChI is InChI=1S/C25H28O5/c1-18(2)25(26)30-15-13-28-11-10-27-12-14-29-24-22-7-5-4-6-20(22)17-21-9-8-19(3)16-23(21)24/h4-9,16-17H,1,10-15H2,2-3H3. The van der Waals surface area contributed by atoms with Crippen LogP contribution in [-0.4, -0.2) is 45.6 Å². The SMILES string of the molecule is C=C(C)C(=O)OCCOCCOCCOc1c2ccccc2cc2ccc(C)cc12. The van der Waals surface area contributed by atoms with Crippen LogP contribution in [0, 0.1) is 6.92 Å². The van der Waals surface area contributed by atoms with E-state index in [9.17, 15) is 4.79 Å². The molecule has 5 heteroatoms. The Hall–Kier alpha value is -2.89. The second kappa shape index (κ2) is 10.8. The van der Waals surface area contributed by atoms with Crippen molar-refractivity contribution in [3.05, 3.63) is 66.2 Å². The van der Waals surface area contributed by atoms with Crippen LogP contribution in [0.1, 0.15) is 12.5 Å². The van der Waals surface area contributed by atoms with Crippen LogP contribution >= 0.6 is 0 Å². The van der Waals surface area contributed by atoms with E-state index < -0.39 is 5.97 Å². The number of aryl methyl sites for hydroxylation is 1. The van der Waals surface area contributed by atoms with E-state index in [-0.39, 0.29) is 6.61 Å². The first kappa shape index (κ1) is 21.8. The lowest BCUT2D eigenvalue weighted by atomic mass is 10.0. The molecule has 3 aromatic carbocycles. The van der Waals surface area contributed by atoms with Gasteiger partial charge >= 0.3 is 5.97 Å². The Labute approximate surface area is 177 Å². The van der Waals surface area contributed by atoms with Crippen LogP contribution < -0.4 is 4.74 Å². The largest absolute Gasteiger partial charge is 0.490 e. The topological polar surface area (TPSA) is 54.0 Å². The summed E-state index contributed by atoms with van der Waals surface area (Å²) in [7, 11) is 0. The molecule has 0 aliphatic carbocycles. The third kappa shape index (κ3) is 5.81. The molecule has 0 fully saturated rings. The number of fused-ring (bicyclic) bond motifs is 2. The number of carbonyl (C=O) groups is 1. The Morgan fingerprint density at radius 1 is 0.833 bits per heavy atom. The van der Waals surface area contributed by atoms with E-state index in [0.717, 1.165) is 27.3 Å². The van der Waals surface area contributed by atoms with Gasteiger partial charge in [-0.2, -0.15) is 0 Å². The van der Waals surface area contributed by atoms with Crippen molar-refractivity contribution in [2.24, 2.45) is 0 Å². The molecular weight excluding hydrogens is 380 g/mol. The lowest BCUT2D eigenvalue weighted by Crippen LogP contribution is -2.14. The highest BCUT2D eigenvalue weighted by Crippen LogP contribution is 2.35. The van der Waals surface area contributed by atoms with Crippen molar-refractivity contribution in [2.45, 2.75) is 13.8 Å². The van der Waals surface area contributed by atoms with Gasteiger partial charge in [-0.05, 0) is 36.8 Å². The van der Waals surface area contributed by atoms with E-state index >= 15 is 0 Å². The number of ether oxygens (including phenoxy) is 4. The summed E-state index contributed by atoms with van der Waals surface area (Å²) < 4.78 is 22.1. The fourth-order valence-electron chi connectivity index (χ4n) is 3.13. The number of esters is 1. The van der Waals surface area contributed by atoms with E-state index in [1.165, 1.54) is 5.56 Å². The van der Waals surface area contributed by atoms with Gasteiger partial charge in [-0.15, -0.1) is 0 Å². The summed E-state index contributed by atoms with van der Waals surface area (Å²) in [6.07, 6.45) is 0. The smallest absolute Gasteiger partial charge is 0.333 e. The van der Waals surface area contributed by atoms with Gasteiger partial charge in [0.1, 0.15) is 19.0 Å². The second-order valence-electron chi connectivity index (χ2n) is 7.14. The molecule has 5 nitrogen and oxygen atoms in total. The van der Waals surface area contributed by atoms with Crippen molar-refractivity contribution in [1.82, 2.24) is 0 Å². The number of hydrogen-bond acceptors (Lipinski definition) is 5. The summed E-state index contributed by atoms with van der Waals surface area (Å²) in [4.78, 5) is 11.2. The Morgan fingerprint density at radius 2 is 1.50 bits per heavy atom. The normalized spacial score (nSPS) is 11.0. The molecule has 0 bridgehead atoms. The summed E-state index contributed by atoms with van der Waals surface area (Å²) in [5, 5.41) is 4.53. The molecule has 0 atom stereocenters. The molecule has 0 spiro atoms. The van der Waals surface area contributed by atoms with Crippen LogP contribution in [0.5, 0.6) is 5.75 Å². The van der Waals surface area contributed by atoms with Gasteiger partial charge in [0.25, 0.3) is 0 Å². The predicted octanol–water partition coefficient (Wildman–Crippen LogP) is 4.83. The van der Waals surface area contributed by atoms with Gasteiger partial charge in [0.15, 0.2) is 0 Å². The lowest BCUT2D eigenvalue weighted by Gasteiger charge is -2.14. The van der Waals surface area contributed by atoms with E-state index in [0.29, 0.717) is 38.6 Å². The lowest BCUT2D eigenvalue weighted by molar-refractivity contribution is -0.140. The van der Waals surface area contributed by atoms with Gasteiger partial charge in [0.2, 0.25) is 0 Å². The van der Waals surface area contributed by atoms with Gasteiger partial charge in [0, 0.05) is 16.3 Å². The zero-order valence-electron chi connectivity index (χ0n) is 17.6. The molecule has 30 heavy (non-hydrogen) atoms. The fraction of sp³-hybridized carbons (Fsp3) is 0.320. The monoisotopic (exact) mass is 408 g/mol. The van der Waals surface area contributed by atoms with Gasteiger partial charge in [-0.25, -0.2) is 4.79 Å². The molecule has 0 saturated carbocycles. The van der Waals surface area contributed by atoms with Gasteiger partial charge in [0.05, 0.1) is 26.4 Å². The molecule has 3 rings (SSSR count). The average molecular weight is 408 g/mol. The molecule has 0 saturated heterocycles. The first-order valence-electron chi connectivity index (χ1n) is 10.1. The first-order chi connectivity index (χ1) is 14.6. The molecule has 0 N–H and O–H groups in total. The van der Waals surface area contributed by atoms with Gasteiger partial charge in [-0.3, -0.25) is 0 Å². The van der Waals surface area contributed by atoms with Gasteiger partial charge in [-0.1, -0.05) is 48.5 Å². The summed E-state index contributed by atoms with van der Waals surface area (Å²) in [5.41, 5.74) is 1.58. The highest BCUT2D eigenvalue weighted by atomic mass is 16.6. The van der Waals surface area contributed by atoms with Crippen molar-refractivity contribution in [1.29, 1.82) is 0 Å². The molecule has 0 radical (unpaired) electrons. The van der Waals surface area contributed by atoms with Crippen LogP contribution in [0.25, 0.3) is 21.5 Å². The van der Waals surface area contributed by atoms with E-state index in [4.69, 9.17) is 18.9 Å². The Balaban J connectivity index is 1.45. The number of hydrogen-bond donors (Lipinski definition) is 0. The van der Waals surface area contributed by atoms with E-state index in [1.807, 2.05) is 12.1 Å². The average Bonchev–Trinajstić information content (AvgIpc) is 2.74. The molecule has 0 aliphatic rings. The maximum atomic E-state index is 11.2. The highest BCUT2D eigenvalue weighted by Gasteiger charge is 2.09. The van der Waals surface area contributed by atoms with Crippen molar-refractivity contribution in [2.75, 3.05) is 39.6 Å². The first-order valence-corrected chi connectivity index (χ1v) is 10.1. The van der Waals surface area contributed by atoms with Crippen LogP contribution in [0.15, 0.2) is 60.7 Å². The summed E-state index contributed by atoms with van der Waals surface area (Å²) >= 11 is 0. The fourth-order valence-corrected chi connectivity index (χ4v) is 3.13. The second-order valence-corrected chi connectivity index (χ2v) is 7.14. The van der Waals surface area contributed by atoms with Crippen molar-refractivity contribution < 1.29 is 23.7 Å². The maximum Gasteiger partial charge on any atom is 0.333 e. The van der Waals surface area contributed by atoms with Gasteiger partial charge < -0.3 is 18.9 Å². The quantitative estimate of drug-likeness (QED) is 0.197. The molecule has 0 amide bonds. The van der Waals surface area contributed by atoms with Crippen LogP contribution in [-0.2, 0) is 19.0 Å². The van der Waals surface area contributed by atoms with Crippen LogP contribution in [0.3, 0.4) is 0 Å². The zero-order chi connectivity index (χ0) is 21.3. The van der Waals surface area contributed by atoms with Crippen molar-refractivity contribution >= 4 is 27.5 Å². The summed E-state index contributed by atoms with van der Waals surface area (Å²) in [5.74, 6) is 0.495. The predicted molar refractivity (Wildman–Crippen MR) is 119 cm³/mol. The summed E-state index contributed by atoms with van der Waals surface area (Å²) in [6.45, 7) is 9.56. The van der Waals surface area contributed by atoms with Crippen molar-refractivity contribution in [3.8, 4) is 5.75 Å². The molecule has 0 heterocycles.